The van der Waals surface area contributed by atoms with E-state index in [4.69, 9.17) is 9.73 Å². The van der Waals surface area contributed by atoms with Gasteiger partial charge in [0.2, 0.25) is 0 Å². The monoisotopic (exact) mass is 345 g/mol. The average Bonchev–Trinajstić information content (AvgIpc) is 2.51. The highest BCUT2D eigenvalue weighted by Gasteiger charge is 2.33. The lowest BCUT2D eigenvalue weighted by Gasteiger charge is -2.40. The van der Waals surface area contributed by atoms with Gasteiger partial charge in [-0.3, -0.25) is 4.99 Å². The number of thioether (sulfide) groups is 2. The largest absolute Gasteiger partial charge is 0.381 e. The van der Waals surface area contributed by atoms with E-state index in [1.807, 2.05) is 11.8 Å². The third-order valence-electron chi connectivity index (χ3n) is 4.41. The van der Waals surface area contributed by atoms with Gasteiger partial charge in [-0.25, -0.2) is 0 Å². The predicted molar refractivity (Wildman–Crippen MR) is 100 cm³/mol. The minimum atomic E-state index is 0.263. The van der Waals surface area contributed by atoms with Gasteiger partial charge in [0.1, 0.15) is 0 Å². The Morgan fingerprint density at radius 1 is 1.36 bits per heavy atom. The molecule has 0 aromatic carbocycles. The average molecular weight is 346 g/mol. The van der Waals surface area contributed by atoms with Gasteiger partial charge in [0.15, 0.2) is 5.96 Å². The highest BCUT2D eigenvalue weighted by molar-refractivity contribution is 8.00. The van der Waals surface area contributed by atoms with Crippen LogP contribution >= 0.6 is 23.5 Å². The molecule has 0 aromatic rings. The van der Waals surface area contributed by atoms with E-state index in [1.165, 1.54) is 5.75 Å². The molecule has 0 aromatic heterocycles. The zero-order valence-electron chi connectivity index (χ0n) is 14.5. The summed E-state index contributed by atoms with van der Waals surface area (Å²) >= 11 is 4.03. The van der Waals surface area contributed by atoms with Crippen LogP contribution in [0.4, 0.5) is 0 Å². The lowest BCUT2D eigenvalue weighted by molar-refractivity contribution is 0.0793. The summed E-state index contributed by atoms with van der Waals surface area (Å²) in [4.78, 5) is 7.45. The summed E-state index contributed by atoms with van der Waals surface area (Å²) in [6.07, 6.45) is 4.44. The summed E-state index contributed by atoms with van der Waals surface area (Å²) in [5.74, 6) is 2.27. The van der Waals surface area contributed by atoms with Gasteiger partial charge in [-0.15, -0.1) is 0 Å². The van der Waals surface area contributed by atoms with E-state index in [1.54, 1.807) is 0 Å². The van der Waals surface area contributed by atoms with E-state index in [9.17, 15) is 0 Å². The van der Waals surface area contributed by atoms with Crippen molar-refractivity contribution in [3.63, 3.8) is 0 Å². The van der Waals surface area contributed by atoms with Gasteiger partial charge in [-0.05, 0) is 39.9 Å². The minimum Gasteiger partial charge on any atom is -0.381 e. The Labute approximate surface area is 144 Å². The second kappa shape index (κ2) is 8.15. The van der Waals surface area contributed by atoms with Gasteiger partial charge >= 0.3 is 0 Å². The highest BCUT2D eigenvalue weighted by Crippen LogP contribution is 2.34. The van der Waals surface area contributed by atoms with Gasteiger partial charge in [0.25, 0.3) is 0 Å². The normalized spacial score (nSPS) is 25.1. The summed E-state index contributed by atoms with van der Waals surface area (Å²) in [7, 11) is 0. The SMILES string of the molecule is CCNC(=NCC1(SC)CCOCC1)N1CCSC(C)(C)C1. The molecule has 0 unspecified atom stereocenters. The number of hydrogen-bond acceptors (Lipinski definition) is 4. The Balaban J connectivity index is 2.05. The molecule has 2 saturated heterocycles. The van der Waals surface area contributed by atoms with E-state index in [0.29, 0.717) is 4.75 Å². The third kappa shape index (κ3) is 4.96. The standard InChI is InChI=1S/C16H31N3OS2/c1-5-17-14(19-8-11-22-15(2,3)13-19)18-12-16(21-4)6-9-20-10-7-16/h5-13H2,1-4H3,(H,17,18). The quantitative estimate of drug-likeness (QED) is 0.626. The Morgan fingerprint density at radius 2 is 2.09 bits per heavy atom. The first-order chi connectivity index (χ1) is 10.5. The first-order valence-electron chi connectivity index (χ1n) is 8.30. The molecular formula is C16H31N3OS2. The van der Waals surface area contributed by atoms with Crippen molar-refractivity contribution >= 4 is 29.5 Å². The smallest absolute Gasteiger partial charge is 0.194 e. The van der Waals surface area contributed by atoms with Gasteiger partial charge in [-0.2, -0.15) is 23.5 Å². The molecule has 6 heteroatoms. The Kier molecular flexibility index (Phi) is 6.77. The van der Waals surface area contributed by atoms with Gasteiger partial charge in [0.05, 0.1) is 6.54 Å². The molecule has 0 atom stereocenters. The predicted octanol–water partition coefficient (Wildman–Crippen LogP) is 2.69. The molecule has 2 aliphatic rings. The number of rotatable bonds is 4. The molecule has 0 radical (unpaired) electrons. The van der Waals surface area contributed by atoms with Gasteiger partial charge in [0, 0.05) is 48.1 Å². The number of aliphatic imine (C=N–C) groups is 1. The lowest BCUT2D eigenvalue weighted by atomic mass is 9.99. The molecule has 128 valence electrons. The molecule has 0 aliphatic carbocycles. The first-order valence-corrected chi connectivity index (χ1v) is 10.5. The fourth-order valence-corrected chi connectivity index (χ4v) is 4.89. The van der Waals surface area contributed by atoms with Crippen molar-refractivity contribution in [2.45, 2.75) is 43.1 Å². The lowest BCUT2D eigenvalue weighted by Crippen LogP contribution is -2.51. The third-order valence-corrected chi connectivity index (χ3v) is 7.11. The van der Waals surface area contributed by atoms with Crippen molar-refractivity contribution in [3.8, 4) is 0 Å². The molecule has 2 fully saturated rings. The van der Waals surface area contributed by atoms with Gasteiger partial charge in [-0.1, -0.05) is 0 Å². The molecule has 0 bridgehead atoms. The van der Waals surface area contributed by atoms with Crippen molar-refractivity contribution in [1.82, 2.24) is 10.2 Å². The maximum Gasteiger partial charge on any atom is 0.194 e. The molecule has 2 aliphatic heterocycles. The number of guanidine groups is 1. The molecule has 2 rings (SSSR count). The van der Waals surface area contributed by atoms with Crippen molar-refractivity contribution < 1.29 is 4.74 Å². The summed E-state index contributed by atoms with van der Waals surface area (Å²) in [5, 5.41) is 3.50. The Morgan fingerprint density at radius 3 is 2.68 bits per heavy atom. The van der Waals surface area contributed by atoms with Crippen molar-refractivity contribution in [3.05, 3.63) is 0 Å². The molecule has 4 nitrogen and oxygen atoms in total. The highest BCUT2D eigenvalue weighted by atomic mass is 32.2. The van der Waals surface area contributed by atoms with Crippen molar-refractivity contribution in [2.24, 2.45) is 4.99 Å². The van der Waals surface area contributed by atoms with Crippen LogP contribution in [0.15, 0.2) is 4.99 Å². The summed E-state index contributed by atoms with van der Waals surface area (Å²) < 4.78 is 6.11. The van der Waals surface area contributed by atoms with Crippen LogP contribution < -0.4 is 5.32 Å². The summed E-state index contributed by atoms with van der Waals surface area (Å²) in [6, 6.07) is 0. The summed E-state index contributed by atoms with van der Waals surface area (Å²) in [5.41, 5.74) is 0. The van der Waals surface area contributed by atoms with Crippen LogP contribution in [0, 0.1) is 0 Å². The van der Waals surface area contributed by atoms with Crippen LogP contribution in [0.1, 0.15) is 33.6 Å². The molecule has 0 spiro atoms. The van der Waals surface area contributed by atoms with Crippen LogP contribution in [0.25, 0.3) is 0 Å². The molecule has 2 heterocycles. The van der Waals surface area contributed by atoms with Gasteiger partial charge < -0.3 is 15.0 Å². The fraction of sp³-hybridized carbons (Fsp3) is 0.938. The number of nitrogens with one attached hydrogen (secondary N) is 1. The molecule has 0 amide bonds. The topological polar surface area (TPSA) is 36.9 Å². The van der Waals surface area contributed by atoms with E-state index >= 15 is 0 Å². The minimum absolute atomic E-state index is 0.263. The molecule has 22 heavy (non-hydrogen) atoms. The van der Waals surface area contributed by atoms with E-state index < -0.39 is 0 Å². The fourth-order valence-electron chi connectivity index (χ4n) is 3.01. The second-order valence-electron chi connectivity index (χ2n) is 6.70. The van der Waals surface area contributed by atoms with Crippen LogP contribution in [0.2, 0.25) is 0 Å². The number of nitrogens with zero attached hydrogens (tertiary/aromatic N) is 2. The Hall–Kier alpha value is -0.0700. The zero-order valence-corrected chi connectivity index (χ0v) is 16.1. The van der Waals surface area contributed by atoms with E-state index in [0.717, 1.165) is 58.2 Å². The van der Waals surface area contributed by atoms with E-state index in [-0.39, 0.29) is 4.75 Å². The molecular weight excluding hydrogens is 314 g/mol. The van der Waals surface area contributed by atoms with Crippen LogP contribution in [0.3, 0.4) is 0 Å². The maximum absolute atomic E-state index is 5.53. The Bertz CT molecular complexity index is 382. The van der Waals surface area contributed by atoms with Crippen molar-refractivity contribution in [2.75, 3.05) is 51.4 Å². The second-order valence-corrected chi connectivity index (χ2v) is 9.78. The zero-order chi connectivity index (χ0) is 16.1. The van der Waals surface area contributed by atoms with Crippen LogP contribution in [-0.4, -0.2) is 71.8 Å². The van der Waals surface area contributed by atoms with Crippen LogP contribution in [0.5, 0.6) is 0 Å². The first kappa shape index (κ1) is 18.3. The molecule has 1 N–H and O–H groups in total. The number of ether oxygens (including phenoxy) is 1. The van der Waals surface area contributed by atoms with Crippen molar-refractivity contribution in [1.29, 1.82) is 0 Å². The number of hydrogen-bond donors (Lipinski definition) is 1. The van der Waals surface area contributed by atoms with Crippen LogP contribution in [-0.2, 0) is 4.74 Å². The summed E-state index contributed by atoms with van der Waals surface area (Å²) in [6.45, 7) is 12.5. The molecule has 0 saturated carbocycles. The van der Waals surface area contributed by atoms with E-state index in [2.05, 4.69) is 49.0 Å². The maximum atomic E-state index is 5.53.